The van der Waals surface area contributed by atoms with Gasteiger partial charge in [0.05, 0.1) is 24.5 Å². The van der Waals surface area contributed by atoms with Crippen LogP contribution >= 0.6 is 11.6 Å². The molecule has 4 rings (SSSR count). The molecule has 6 heteroatoms. The van der Waals surface area contributed by atoms with Gasteiger partial charge in [0.25, 0.3) is 0 Å². The number of halogens is 1. The van der Waals surface area contributed by atoms with Gasteiger partial charge in [-0.2, -0.15) is 5.26 Å². The van der Waals surface area contributed by atoms with Crippen molar-refractivity contribution in [2.75, 3.05) is 16.3 Å². The zero-order chi connectivity index (χ0) is 17.4. The van der Waals surface area contributed by atoms with E-state index >= 15 is 0 Å². The number of benzene rings is 2. The standard InChI is InChI=1S/C19H13ClN4O/c20-14-5-3-6-15(8-14)23-12-16(9-21)24(19(23)25)18-11-22-10-13-4-1-2-7-17(13)18/h1-8,10-11,16H,12H2. The topological polar surface area (TPSA) is 60.2 Å². The molecular weight excluding hydrogens is 336 g/mol. The molecule has 2 heterocycles. The van der Waals surface area contributed by atoms with Crippen molar-refractivity contribution in [3.63, 3.8) is 0 Å². The molecular formula is C19H13ClN4O. The highest BCUT2D eigenvalue weighted by molar-refractivity contribution is 6.31. The second kappa shape index (κ2) is 6.08. The summed E-state index contributed by atoms with van der Waals surface area (Å²) in [6.45, 7) is 0.277. The molecule has 1 saturated heterocycles. The summed E-state index contributed by atoms with van der Waals surface area (Å²) >= 11 is 6.05. The average Bonchev–Trinajstić information content (AvgIpc) is 2.97. The molecule has 1 fully saturated rings. The Morgan fingerprint density at radius 2 is 2.00 bits per heavy atom. The molecule has 122 valence electrons. The fourth-order valence-electron chi connectivity index (χ4n) is 3.12. The van der Waals surface area contributed by atoms with Crippen LogP contribution in [-0.2, 0) is 0 Å². The summed E-state index contributed by atoms with van der Waals surface area (Å²) in [5, 5.41) is 11.9. The number of hydrogen-bond donors (Lipinski definition) is 0. The molecule has 0 N–H and O–H groups in total. The van der Waals surface area contributed by atoms with E-state index in [9.17, 15) is 10.1 Å². The van der Waals surface area contributed by atoms with E-state index in [1.807, 2.05) is 30.3 Å². The second-order valence-electron chi connectivity index (χ2n) is 5.77. The molecule has 0 saturated carbocycles. The second-order valence-corrected chi connectivity index (χ2v) is 6.20. The van der Waals surface area contributed by atoms with Gasteiger partial charge in [-0.1, -0.05) is 41.9 Å². The highest BCUT2D eigenvalue weighted by Crippen LogP contribution is 2.33. The van der Waals surface area contributed by atoms with E-state index in [2.05, 4.69) is 11.1 Å². The molecule has 1 aliphatic heterocycles. The molecule has 1 aliphatic rings. The minimum Gasteiger partial charge on any atom is -0.291 e. The zero-order valence-electron chi connectivity index (χ0n) is 13.1. The van der Waals surface area contributed by atoms with Gasteiger partial charge in [-0.3, -0.25) is 14.8 Å². The third kappa shape index (κ3) is 2.57. The highest BCUT2D eigenvalue weighted by atomic mass is 35.5. The quantitative estimate of drug-likeness (QED) is 0.696. The summed E-state index contributed by atoms with van der Waals surface area (Å²) < 4.78 is 0. The SMILES string of the molecule is N#CC1CN(c2cccc(Cl)c2)C(=O)N1c1cncc2ccccc12. The first-order chi connectivity index (χ1) is 12.2. The molecule has 25 heavy (non-hydrogen) atoms. The van der Waals surface area contributed by atoms with Gasteiger partial charge >= 0.3 is 6.03 Å². The Morgan fingerprint density at radius 1 is 1.16 bits per heavy atom. The van der Waals surface area contributed by atoms with Crippen LogP contribution in [0, 0.1) is 11.3 Å². The van der Waals surface area contributed by atoms with Crippen molar-refractivity contribution in [1.82, 2.24) is 4.98 Å². The van der Waals surface area contributed by atoms with Crippen LogP contribution in [0.2, 0.25) is 5.02 Å². The van der Waals surface area contributed by atoms with Gasteiger partial charge in [0, 0.05) is 27.7 Å². The summed E-state index contributed by atoms with van der Waals surface area (Å²) in [6.07, 6.45) is 3.38. The molecule has 1 atom stereocenters. The number of anilines is 2. The maximum absolute atomic E-state index is 13.1. The molecule has 2 amide bonds. The van der Waals surface area contributed by atoms with E-state index in [0.717, 1.165) is 10.8 Å². The third-order valence-electron chi connectivity index (χ3n) is 4.28. The van der Waals surface area contributed by atoms with Crippen LogP contribution in [0.25, 0.3) is 10.8 Å². The Labute approximate surface area is 149 Å². The summed E-state index contributed by atoms with van der Waals surface area (Å²) in [6, 6.07) is 16.1. The number of carbonyl (C=O) groups is 1. The van der Waals surface area contributed by atoms with Crippen LogP contribution in [0.1, 0.15) is 0 Å². The molecule has 0 radical (unpaired) electrons. The Hall–Kier alpha value is -3.10. The Balaban J connectivity index is 1.81. The van der Waals surface area contributed by atoms with Crippen LogP contribution in [0.4, 0.5) is 16.2 Å². The lowest BCUT2D eigenvalue weighted by Crippen LogP contribution is -2.34. The highest BCUT2D eigenvalue weighted by Gasteiger charge is 2.40. The first-order valence-electron chi connectivity index (χ1n) is 7.77. The fourth-order valence-corrected chi connectivity index (χ4v) is 3.30. The largest absolute Gasteiger partial charge is 0.330 e. The van der Waals surface area contributed by atoms with Crippen molar-refractivity contribution in [3.05, 3.63) is 65.9 Å². The van der Waals surface area contributed by atoms with Gasteiger partial charge in [-0.25, -0.2) is 4.79 Å². The number of nitriles is 1. The predicted octanol–water partition coefficient (Wildman–Crippen LogP) is 4.23. The first kappa shape index (κ1) is 15.4. The van der Waals surface area contributed by atoms with Gasteiger partial charge in [0.15, 0.2) is 0 Å². The molecule has 2 aromatic carbocycles. The van der Waals surface area contributed by atoms with Crippen LogP contribution in [0.5, 0.6) is 0 Å². The number of nitrogens with zero attached hydrogens (tertiary/aromatic N) is 4. The number of carbonyl (C=O) groups excluding carboxylic acids is 1. The number of urea groups is 1. The number of amides is 2. The maximum atomic E-state index is 13.1. The van der Waals surface area contributed by atoms with Crippen LogP contribution < -0.4 is 9.80 Å². The summed E-state index contributed by atoms with van der Waals surface area (Å²) in [4.78, 5) is 20.4. The van der Waals surface area contributed by atoms with Crippen LogP contribution in [0.15, 0.2) is 60.9 Å². The lowest BCUT2D eigenvalue weighted by Gasteiger charge is -2.21. The van der Waals surface area contributed by atoms with Crippen molar-refractivity contribution < 1.29 is 4.79 Å². The van der Waals surface area contributed by atoms with E-state index in [1.165, 1.54) is 4.90 Å². The zero-order valence-corrected chi connectivity index (χ0v) is 13.9. The van der Waals surface area contributed by atoms with Crippen molar-refractivity contribution >= 4 is 39.8 Å². The van der Waals surface area contributed by atoms with E-state index in [4.69, 9.17) is 11.6 Å². The first-order valence-corrected chi connectivity index (χ1v) is 8.15. The van der Waals surface area contributed by atoms with Gasteiger partial charge in [-0.15, -0.1) is 0 Å². The van der Waals surface area contributed by atoms with Crippen LogP contribution in [-0.4, -0.2) is 23.6 Å². The Kier molecular flexibility index (Phi) is 3.75. The normalized spacial score (nSPS) is 17.1. The summed E-state index contributed by atoms with van der Waals surface area (Å²) in [5.74, 6) is 0. The number of fused-ring (bicyclic) bond motifs is 1. The lowest BCUT2D eigenvalue weighted by atomic mass is 10.1. The number of aromatic nitrogens is 1. The molecule has 5 nitrogen and oxygen atoms in total. The number of pyridine rings is 1. The maximum Gasteiger partial charge on any atom is 0.330 e. The minimum absolute atomic E-state index is 0.257. The van der Waals surface area contributed by atoms with E-state index in [-0.39, 0.29) is 12.6 Å². The van der Waals surface area contributed by atoms with Gasteiger partial charge in [0.2, 0.25) is 0 Å². The fraction of sp³-hybridized carbons (Fsp3) is 0.105. The number of hydrogen-bond acceptors (Lipinski definition) is 3. The Bertz CT molecular complexity index is 1010. The third-order valence-corrected chi connectivity index (χ3v) is 4.51. The van der Waals surface area contributed by atoms with E-state index in [1.54, 1.807) is 35.5 Å². The number of rotatable bonds is 2. The van der Waals surface area contributed by atoms with Crippen molar-refractivity contribution in [3.8, 4) is 6.07 Å². The smallest absolute Gasteiger partial charge is 0.291 e. The summed E-state index contributed by atoms with van der Waals surface area (Å²) in [5.41, 5.74) is 1.31. The van der Waals surface area contributed by atoms with Gasteiger partial charge in [0.1, 0.15) is 6.04 Å². The molecule has 0 spiro atoms. The predicted molar refractivity (Wildman–Crippen MR) is 97.8 cm³/mol. The van der Waals surface area contributed by atoms with E-state index < -0.39 is 6.04 Å². The van der Waals surface area contributed by atoms with Crippen molar-refractivity contribution in [1.29, 1.82) is 5.26 Å². The molecule has 3 aromatic rings. The van der Waals surface area contributed by atoms with Crippen molar-refractivity contribution in [2.45, 2.75) is 6.04 Å². The average molecular weight is 349 g/mol. The molecule has 0 bridgehead atoms. The van der Waals surface area contributed by atoms with E-state index in [0.29, 0.717) is 16.4 Å². The van der Waals surface area contributed by atoms with Crippen LogP contribution in [0.3, 0.4) is 0 Å². The van der Waals surface area contributed by atoms with Gasteiger partial charge < -0.3 is 0 Å². The van der Waals surface area contributed by atoms with Crippen molar-refractivity contribution in [2.24, 2.45) is 0 Å². The Morgan fingerprint density at radius 3 is 2.80 bits per heavy atom. The molecule has 1 unspecified atom stereocenters. The molecule has 0 aliphatic carbocycles. The monoisotopic (exact) mass is 348 g/mol. The van der Waals surface area contributed by atoms with Gasteiger partial charge in [-0.05, 0) is 18.2 Å². The lowest BCUT2D eigenvalue weighted by molar-refractivity contribution is 0.255. The summed E-state index contributed by atoms with van der Waals surface area (Å²) in [7, 11) is 0. The molecule has 1 aromatic heterocycles. The minimum atomic E-state index is -0.598.